The van der Waals surface area contributed by atoms with Gasteiger partial charge in [-0.2, -0.15) is 18.4 Å². The van der Waals surface area contributed by atoms with Crippen LogP contribution in [0.3, 0.4) is 0 Å². The Bertz CT molecular complexity index is 894. The Balaban J connectivity index is 1.85. The minimum atomic E-state index is -4.45. The maximum Gasteiger partial charge on any atom is 0.416 e. The van der Waals surface area contributed by atoms with E-state index in [-0.39, 0.29) is 18.4 Å². The van der Waals surface area contributed by atoms with E-state index in [0.717, 1.165) is 23.4 Å². The summed E-state index contributed by atoms with van der Waals surface area (Å²) in [4.78, 5) is 6.39. The van der Waals surface area contributed by atoms with Gasteiger partial charge in [-0.15, -0.1) is 0 Å². The number of aliphatic hydroxyl groups is 1. The molecule has 1 aliphatic heterocycles. The molecule has 1 aromatic carbocycles. The summed E-state index contributed by atoms with van der Waals surface area (Å²) >= 11 is 0. The molecule has 1 N–H and O–H groups in total. The summed E-state index contributed by atoms with van der Waals surface area (Å²) in [5, 5.41) is 20.4. The minimum Gasteiger partial charge on any atom is -0.385 e. The van der Waals surface area contributed by atoms with Crippen molar-refractivity contribution in [3.05, 3.63) is 58.3 Å². The van der Waals surface area contributed by atoms with Crippen molar-refractivity contribution in [1.82, 2.24) is 4.98 Å². The van der Waals surface area contributed by atoms with Gasteiger partial charge in [-0.25, -0.2) is 4.98 Å². The van der Waals surface area contributed by atoms with Crippen LogP contribution in [0.25, 0.3) is 0 Å². The Labute approximate surface area is 155 Å². The minimum absolute atomic E-state index is 0.258. The lowest BCUT2D eigenvalue weighted by molar-refractivity contribution is -0.137. The largest absolute Gasteiger partial charge is 0.416 e. The van der Waals surface area contributed by atoms with Crippen molar-refractivity contribution in [2.75, 3.05) is 18.0 Å². The summed E-state index contributed by atoms with van der Waals surface area (Å²) in [7, 11) is 0. The van der Waals surface area contributed by atoms with Crippen LogP contribution in [0.1, 0.15) is 40.8 Å². The third-order valence-corrected chi connectivity index (χ3v) is 5.05. The molecule has 3 rings (SSSR count). The number of benzene rings is 1. The van der Waals surface area contributed by atoms with Gasteiger partial charge >= 0.3 is 6.18 Å². The van der Waals surface area contributed by atoms with E-state index in [2.05, 4.69) is 11.1 Å². The highest BCUT2D eigenvalue weighted by Crippen LogP contribution is 2.38. The van der Waals surface area contributed by atoms with Crippen molar-refractivity contribution in [3.8, 4) is 6.07 Å². The van der Waals surface area contributed by atoms with Crippen molar-refractivity contribution < 1.29 is 18.3 Å². The molecule has 0 radical (unpaired) electrons. The first kappa shape index (κ1) is 19.2. The molecule has 142 valence electrons. The van der Waals surface area contributed by atoms with Crippen molar-refractivity contribution in [2.24, 2.45) is 0 Å². The zero-order chi connectivity index (χ0) is 19.8. The Morgan fingerprint density at radius 2 is 1.85 bits per heavy atom. The Kier molecular flexibility index (Phi) is 4.87. The predicted molar refractivity (Wildman–Crippen MR) is 95.2 cm³/mol. The molecular formula is C20H20F3N3O. The number of hydrogen-bond acceptors (Lipinski definition) is 4. The highest BCUT2D eigenvalue weighted by atomic mass is 19.4. The average Bonchev–Trinajstić information content (AvgIpc) is 2.61. The number of alkyl halides is 3. The van der Waals surface area contributed by atoms with Gasteiger partial charge in [-0.05, 0) is 56.0 Å². The van der Waals surface area contributed by atoms with Crippen LogP contribution < -0.4 is 4.90 Å². The molecule has 0 spiro atoms. The van der Waals surface area contributed by atoms with Gasteiger partial charge in [0.2, 0.25) is 0 Å². The molecule has 0 bridgehead atoms. The first-order chi connectivity index (χ1) is 12.6. The monoisotopic (exact) mass is 375 g/mol. The van der Waals surface area contributed by atoms with E-state index >= 15 is 0 Å². The molecule has 2 aromatic rings. The first-order valence-corrected chi connectivity index (χ1v) is 8.67. The SMILES string of the molecule is Cc1cc(C)c(C#N)c(N2CCC(O)(c3cccc(C(F)(F)F)c3)CC2)n1. The number of anilines is 1. The second kappa shape index (κ2) is 6.86. The van der Waals surface area contributed by atoms with Gasteiger partial charge in [-0.3, -0.25) is 0 Å². The molecule has 1 saturated heterocycles. The molecule has 0 unspecified atom stereocenters. The van der Waals surface area contributed by atoms with Gasteiger partial charge in [-0.1, -0.05) is 12.1 Å². The third-order valence-electron chi connectivity index (χ3n) is 5.05. The lowest BCUT2D eigenvalue weighted by atomic mass is 9.83. The smallest absolute Gasteiger partial charge is 0.385 e. The number of hydrogen-bond donors (Lipinski definition) is 1. The zero-order valence-electron chi connectivity index (χ0n) is 15.1. The predicted octanol–water partition coefficient (Wildman–Crippen LogP) is 4.08. The number of nitrogens with zero attached hydrogens (tertiary/aromatic N) is 3. The fraction of sp³-hybridized carbons (Fsp3) is 0.400. The summed E-state index contributed by atoms with van der Waals surface area (Å²) in [5.74, 6) is 0.570. The zero-order valence-corrected chi connectivity index (χ0v) is 15.1. The second-order valence-electron chi connectivity index (χ2n) is 6.99. The number of piperidine rings is 1. The summed E-state index contributed by atoms with van der Waals surface area (Å²) in [6.45, 7) is 4.49. The van der Waals surface area contributed by atoms with Gasteiger partial charge in [0.1, 0.15) is 11.9 Å². The van der Waals surface area contributed by atoms with Crippen LogP contribution in [0.5, 0.6) is 0 Å². The van der Waals surface area contributed by atoms with Crippen LogP contribution >= 0.6 is 0 Å². The van der Waals surface area contributed by atoms with Crippen LogP contribution in [0, 0.1) is 25.2 Å². The maximum atomic E-state index is 13.0. The molecule has 7 heteroatoms. The summed E-state index contributed by atoms with van der Waals surface area (Å²) in [6, 6.07) is 8.88. The maximum absolute atomic E-state index is 13.0. The summed E-state index contributed by atoms with van der Waals surface area (Å²) in [5.41, 5.74) is 0.289. The van der Waals surface area contributed by atoms with Gasteiger partial charge in [0.15, 0.2) is 0 Å². The Hall–Kier alpha value is -2.59. The highest BCUT2D eigenvalue weighted by molar-refractivity contribution is 5.58. The number of nitriles is 1. The Morgan fingerprint density at radius 1 is 1.19 bits per heavy atom. The number of pyridine rings is 1. The van der Waals surface area contributed by atoms with E-state index in [1.165, 1.54) is 12.1 Å². The van der Waals surface area contributed by atoms with Crippen molar-refractivity contribution in [1.29, 1.82) is 5.26 Å². The third kappa shape index (κ3) is 3.76. The molecule has 1 aromatic heterocycles. The number of aryl methyl sites for hydroxylation is 2. The van der Waals surface area contributed by atoms with Crippen LogP contribution in [-0.4, -0.2) is 23.2 Å². The summed E-state index contributed by atoms with van der Waals surface area (Å²) in [6.07, 6.45) is -3.93. The van der Waals surface area contributed by atoms with Crippen molar-refractivity contribution in [3.63, 3.8) is 0 Å². The van der Waals surface area contributed by atoms with E-state index < -0.39 is 17.3 Å². The molecule has 0 atom stereocenters. The summed E-state index contributed by atoms with van der Waals surface area (Å²) < 4.78 is 38.9. The van der Waals surface area contributed by atoms with E-state index in [4.69, 9.17) is 0 Å². The van der Waals surface area contributed by atoms with Crippen molar-refractivity contribution in [2.45, 2.75) is 38.5 Å². The van der Waals surface area contributed by atoms with Crippen LogP contribution in [-0.2, 0) is 11.8 Å². The first-order valence-electron chi connectivity index (χ1n) is 8.67. The van der Waals surface area contributed by atoms with E-state index in [1.54, 1.807) is 0 Å². The Morgan fingerprint density at radius 3 is 2.44 bits per heavy atom. The molecule has 0 aliphatic carbocycles. The van der Waals surface area contributed by atoms with Gasteiger partial charge in [0.25, 0.3) is 0 Å². The molecule has 27 heavy (non-hydrogen) atoms. The fourth-order valence-electron chi connectivity index (χ4n) is 3.55. The standard InChI is InChI=1S/C20H20F3N3O/c1-13-10-14(2)25-18(17(13)12-24)26-8-6-19(27,7-9-26)15-4-3-5-16(11-15)20(21,22)23/h3-5,10-11,27H,6-9H2,1-2H3. The molecule has 1 fully saturated rings. The lowest BCUT2D eigenvalue weighted by Crippen LogP contribution is -2.43. The van der Waals surface area contributed by atoms with E-state index in [9.17, 15) is 23.5 Å². The lowest BCUT2D eigenvalue weighted by Gasteiger charge is -2.39. The molecular weight excluding hydrogens is 355 g/mol. The van der Waals surface area contributed by atoms with E-state index in [1.807, 2.05) is 24.8 Å². The topological polar surface area (TPSA) is 60.2 Å². The molecule has 2 heterocycles. The van der Waals surface area contributed by atoms with Crippen LogP contribution in [0.2, 0.25) is 0 Å². The molecule has 0 saturated carbocycles. The number of halogens is 3. The molecule has 4 nitrogen and oxygen atoms in total. The van der Waals surface area contributed by atoms with Crippen LogP contribution in [0.4, 0.5) is 19.0 Å². The van der Waals surface area contributed by atoms with Gasteiger partial charge in [0, 0.05) is 18.8 Å². The second-order valence-corrected chi connectivity index (χ2v) is 6.99. The normalized spacial score (nSPS) is 16.9. The fourth-order valence-corrected chi connectivity index (χ4v) is 3.55. The number of rotatable bonds is 2. The quantitative estimate of drug-likeness (QED) is 0.859. The van der Waals surface area contributed by atoms with Gasteiger partial charge in [0.05, 0.1) is 16.7 Å². The van der Waals surface area contributed by atoms with Gasteiger partial charge < -0.3 is 10.0 Å². The van der Waals surface area contributed by atoms with Crippen molar-refractivity contribution >= 4 is 5.82 Å². The average molecular weight is 375 g/mol. The molecule has 0 amide bonds. The number of aromatic nitrogens is 1. The van der Waals surface area contributed by atoms with E-state index in [0.29, 0.717) is 24.5 Å². The van der Waals surface area contributed by atoms with Crippen LogP contribution in [0.15, 0.2) is 30.3 Å². The molecule has 1 aliphatic rings. The highest BCUT2D eigenvalue weighted by Gasteiger charge is 2.37.